The summed E-state index contributed by atoms with van der Waals surface area (Å²) in [5.41, 5.74) is 4.54. The van der Waals surface area contributed by atoms with E-state index in [1.54, 1.807) is 0 Å². The van der Waals surface area contributed by atoms with E-state index in [1.807, 2.05) is 48.5 Å². The van der Waals surface area contributed by atoms with Crippen molar-refractivity contribution in [2.24, 2.45) is 10.3 Å². The number of nitrogens with zero attached hydrogens (tertiary/aromatic N) is 2. The Morgan fingerprint density at radius 2 is 1.47 bits per heavy atom. The molecule has 0 aliphatic heterocycles. The van der Waals surface area contributed by atoms with Crippen LogP contribution in [0.3, 0.4) is 0 Å². The van der Waals surface area contributed by atoms with Gasteiger partial charge in [-0.15, -0.1) is 5.11 Å². The number of rotatable bonds is 3. The fourth-order valence-corrected chi connectivity index (χ4v) is 1.95. The number of benzene rings is 2. The Balaban J connectivity index is 2.09. The Morgan fingerprint density at radius 1 is 0.824 bits per heavy atom. The van der Waals surface area contributed by atoms with Gasteiger partial charge < -0.3 is 0 Å². The van der Waals surface area contributed by atoms with Crippen LogP contribution in [0.15, 0.2) is 67.8 Å². The molecule has 2 aromatic carbocycles. The molecular formula is C12H9Br2N3. The van der Waals surface area contributed by atoms with Gasteiger partial charge in [-0.3, -0.25) is 5.43 Å². The van der Waals surface area contributed by atoms with Crippen molar-refractivity contribution < 1.29 is 0 Å². The second-order valence-electron chi connectivity index (χ2n) is 3.24. The van der Waals surface area contributed by atoms with Crippen molar-refractivity contribution in [3.05, 3.63) is 57.5 Å². The highest BCUT2D eigenvalue weighted by atomic mass is 79.9. The van der Waals surface area contributed by atoms with Crippen LogP contribution < -0.4 is 5.43 Å². The zero-order valence-corrected chi connectivity index (χ0v) is 11.9. The van der Waals surface area contributed by atoms with Crippen molar-refractivity contribution >= 4 is 43.2 Å². The fourth-order valence-electron chi connectivity index (χ4n) is 1.22. The first-order valence-electron chi connectivity index (χ1n) is 4.93. The Labute approximate surface area is 116 Å². The molecule has 0 heterocycles. The van der Waals surface area contributed by atoms with Crippen LogP contribution in [0.1, 0.15) is 0 Å². The quantitative estimate of drug-likeness (QED) is 0.587. The van der Waals surface area contributed by atoms with Crippen LogP contribution >= 0.6 is 31.9 Å². The molecule has 0 radical (unpaired) electrons. The Kier molecular flexibility index (Phi) is 4.28. The van der Waals surface area contributed by atoms with Crippen LogP contribution in [0.2, 0.25) is 0 Å². The van der Waals surface area contributed by atoms with Gasteiger partial charge in [0.2, 0.25) is 0 Å². The van der Waals surface area contributed by atoms with E-state index in [4.69, 9.17) is 0 Å². The summed E-state index contributed by atoms with van der Waals surface area (Å²) in [7, 11) is 0. The maximum Gasteiger partial charge on any atom is 0.102 e. The first-order valence-corrected chi connectivity index (χ1v) is 6.52. The van der Waals surface area contributed by atoms with Crippen molar-refractivity contribution in [2.75, 3.05) is 5.43 Å². The lowest BCUT2D eigenvalue weighted by Crippen LogP contribution is -1.86. The molecule has 86 valence electrons. The maximum atomic E-state index is 4.09. The summed E-state index contributed by atoms with van der Waals surface area (Å²) < 4.78 is 1.86. The largest absolute Gasteiger partial charge is 0.259 e. The second kappa shape index (κ2) is 5.93. The molecular weight excluding hydrogens is 346 g/mol. The summed E-state index contributed by atoms with van der Waals surface area (Å²) in [6, 6.07) is 15.4. The summed E-state index contributed by atoms with van der Waals surface area (Å²) in [5, 5.41) is 8.04. The number of hydrogen-bond donors (Lipinski definition) is 1. The van der Waals surface area contributed by atoms with Crippen molar-refractivity contribution in [2.45, 2.75) is 0 Å². The van der Waals surface area contributed by atoms with E-state index in [9.17, 15) is 0 Å². The van der Waals surface area contributed by atoms with Gasteiger partial charge in [0.1, 0.15) is 5.69 Å². The van der Waals surface area contributed by atoms with Gasteiger partial charge in [0, 0.05) is 8.95 Å². The average molecular weight is 355 g/mol. The molecule has 0 unspecified atom stereocenters. The monoisotopic (exact) mass is 353 g/mol. The molecule has 2 aromatic rings. The Morgan fingerprint density at radius 3 is 2.18 bits per heavy atom. The smallest absolute Gasteiger partial charge is 0.102 e. The second-order valence-corrected chi connectivity index (χ2v) is 4.95. The number of hydrogen-bond acceptors (Lipinski definition) is 2. The molecule has 0 atom stereocenters. The highest BCUT2D eigenvalue weighted by molar-refractivity contribution is 9.11. The van der Waals surface area contributed by atoms with Gasteiger partial charge in [0.25, 0.3) is 0 Å². The highest BCUT2D eigenvalue weighted by Crippen LogP contribution is 2.25. The van der Waals surface area contributed by atoms with Gasteiger partial charge >= 0.3 is 0 Å². The Hall–Kier alpha value is -1.20. The summed E-state index contributed by atoms with van der Waals surface area (Å²) in [5.74, 6) is 0. The molecule has 5 heteroatoms. The number of halogens is 2. The minimum absolute atomic E-state index is 0.784. The van der Waals surface area contributed by atoms with Crippen LogP contribution in [0.5, 0.6) is 0 Å². The average Bonchev–Trinajstić information content (AvgIpc) is 2.34. The molecule has 3 nitrogen and oxygen atoms in total. The van der Waals surface area contributed by atoms with E-state index in [2.05, 4.69) is 47.6 Å². The molecule has 1 N–H and O–H groups in total. The molecule has 0 saturated heterocycles. The number of para-hydroxylation sites is 1. The Bertz CT molecular complexity index is 541. The number of nitrogens with one attached hydrogen (secondary N) is 1. The maximum absolute atomic E-state index is 4.09. The first kappa shape index (κ1) is 12.3. The normalized spacial score (nSPS) is 10.7. The predicted molar refractivity (Wildman–Crippen MR) is 76.4 cm³/mol. The van der Waals surface area contributed by atoms with Crippen LogP contribution in [-0.2, 0) is 0 Å². The van der Waals surface area contributed by atoms with Crippen LogP contribution in [0.4, 0.5) is 11.4 Å². The van der Waals surface area contributed by atoms with Gasteiger partial charge in [-0.25, -0.2) is 0 Å². The van der Waals surface area contributed by atoms with Crippen LogP contribution in [0.25, 0.3) is 0 Å². The third-order valence-corrected chi connectivity index (χ3v) is 3.42. The first-order chi connectivity index (χ1) is 8.27. The molecule has 0 bridgehead atoms. The van der Waals surface area contributed by atoms with E-state index in [1.165, 1.54) is 0 Å². The minimum Gasteiger partial charge on any atom is -0.259 e. The third-order valence-electron chi connectivity index (χ3n) is 2.05. The summed E-state index contributed by atoms with van der Waals surface area (Å²) >= 11 is 6.83. The van der Waals surface area contributed by atoms with Crippen molar-refractivity contribution in [1.82, 2.24) is 0 Å². The molecule has 0 aliphatic carbocycles. The molecule has 0 aromatic heterocycles. The van der Waals surface area contributed by atoms with E-state index < -0.39 is 0 Å². The van der Waals surface area contributed by atoms with Gasteiger partial charge in [-0.05, 0) is 56.1 Å². The summed E-state index contributed by atoms with van der Waals surface area (Å²) in [6.45, 7) is 0. The number of anilines is 1. The molecule has 0 aliphatic rings. The summed E-state index contributed by atoms with van der Waals surface area (Å²) in [6.07, 6.45) is 0. The van der Waals surface area contributed by atoms with Gasteiger partial charge in [-0.2, -0.15) is 0 Å². The lowest BCUT2D eigenvalue weighted by atomic mass is 10.3. The molecule has 2 rings (SSSR count). The van der Waals surface area contributed by atoms with Gasteiger partial charge in [-0.1, -0.05) is 29.5 Å². The molecule has 0 spiro atoms. The van der Waals surface area contributed by atoms with E-state index in [0.717, 1.165) is 20.3 Å². The summed E-state index contributed by atoms with van der Waals surface area (Å²) in [4.78, 5) is 0. The fraction of sp³-hybridized carbons (Fsp3) is 0. The standard InChI is InChI=1S/C12H9Br2N3/c13-9-5-1-3-7-11(9)15-17-16-12-8-4-2-6-10(12)14/h1-8H,(H,15,16). The van der Waals surface area contributed by atoms with Crippen molar-refractivity contribution in [1.29, 1.82) is 0 Å². The van der Waals surface area contributed by atoms with E-state index in [-0.39, 0.29) is 0 Å². The molecule has 0 saturated carbocycles. The predicted octanol–water partition coefficient (Wildman–Crippen LogP) is 5.32. The third kappa shape index (κ3) is 3.38. The zero-order valence-electron chi connectivity index (χ0n) is 8.77. The van der Waals surface area contributed by atoms with Crippen LogP contribution in [-0.4, -0.2) is 0 Å². The minimum atomic E-state index is 0.784. The van der Waals surface area contributed by atoms with Crippen molar-refractivity contribution in [3.63, 3.8) is 0 Å². The molecule has 17 heavy (non-hydrogen) atoms. The van der Waals surface area contributed by atoms with E-state index in [0.29, 0.717) is 0 Å². The van der Waals surface area contributed by atoms with Crippen molar-refractivity contribution in [3.8, 4) is 0 Å². The topological polar surface area (TPSA) is 36.8 Å². The highest BCUT2D eigenvalue weighted by Gasteiger charge is 1.97. The van der Waals surface area contributed by atoms with Gasteiger partial charge in [0.05, 0.1) is 5.69 Å². The lowest BCUT2D eigenvalue weighted by molar-refractivity contribution is 1.12. The SMILES string of the molecule is Brc1ccccc1N=NNc1ccccc1Br. The zero-order chi connectivity index (χ0) is 12.1. The lowest BCUT2D eigenvalue weighted by Gasteiger charge is -2.01. The van der Waals surface area contributed by atoms with Crippen LogP contribution in [0, 0.1) is 0 Å². The molecule has 0 fully saturated rings. The molecule has 0 amide bonds. The van der Waals surface area contributed by atoms with Gasteiger partial charge in [0.15, 0.2) is 0 Å². The van der Waals surface area contributed by atoms with E-state index >= 15 is 0 Å².